The van der Waals surface area contributed by atoms with Crippen molar-refractivity contribution in [3.05, 3.63) is 23.8 Å². The summed E-state index contributed by atoms with van der Waals surface area (Å²) in [5.41, 5.74) is 1.17. The van der Waals surface area contributed by atoms with Gasteiger partial charge in [-0.05, 0) is 57.7 Å². The third kappa shape index (κ3) is 6.84. The number of carbonyl (C=O) groups excluding carboxylic acids is 1. The van der Waals surface area contributed by atoms with E-state index in [1.54, 1.807) is 0 Å². The van der Waals surface area contributed by atoms with Crippen LogP contribution in [0.3, 0.4) is 0 Å². The molecule has 1 aromatic carbocycles. The van der Waals surface area contributed by atoms with Crippen molar-refractivity contribution in [3.8, 4) is 11.5 Å². The highest BCUT2D eigenvalue weighted by molar-refractivity contribution is 5.80. The number of hydrogen-bond donors (Lipinski definition) is 1. The van der Waals surface area contributed by atoms with E-state index in [1.165, 1.54) is 12.7 Å². The number of likely N-dealkylation sites (tertiary alicyclic amines) is 1. The standard InChI is InChI=1S/C22H35N3O4/c1-5-23-22(25-14-11-18(12-15-25)21(26)27-4)24-13-10-17-8-9-19(28-6-2)20(16-17)29-7-3/h8-9,16,18H,5-7,10-15H2,1-4H3,(H,23,24). The zero-order valence-corrected chi connectivity index (χ0v) is 18.2. The lowest BCUT2D eigenvalue weighted by atomic mass is 9.97. The molecule has 0 saturated carbocycles. The first-order valence-corrected chi connectivity index (χ1v) is 10.6. The zero-order chi connectivity index (χ0) is 21.1. The smallest absolute Gasteiger partial charge is 0.308 e. The van der Waals surface area contributed by atoms with Gasteiger partial charge in [-0.15, -0.1) is 0 Å². The number of rotatable bonds is 9. The molecule has 0 unspecified atom stereocenters. The van der Waals surface area contributed by atoms with Gasteiger partial charge in [-0.2, -0.15) is 0 Å². The maximum Gasteiger partial charge on any atom is 0.308 e. The maximum absolute atomic E-state index is 11.7. The highest BCUT2D eigenvalue weighted by Crippen LogP contribution is 2.28. The third-order valence-electron chi connectivity index (χ3n) is 4.93. The van der Waals surface area contributed by atoms with Crippen LogP contribution in [0.1, 0.15) is 39.2 Å². The maximum atomic E-state index is 11.7. The van der Waals surface area contributed by atoms with Crippen LogP contribution in [-0.4, -0.2) is 63.3 Å². The van der Waals surface area contributed by atoms with Crippen LogP contribution in [0.4, 0.5) is 0 Å². The summed E-state index contributed by atoms with van der Waals surface area (Å²) >= 11 is 0. The Balaban J connectivity index is 1.97. The van der Waals surface area contributed by atoms with Gasteiger partial charge in [0.25, 0.3) is 0 Å². The number of guanidine groups is 1. The van der Waals surface area contributed by atoms with E-state index < -0.39 is 0 Å². The van der Waals surface area contributed by atoms with Crippen LogP contribution in [0.15, 0.2) is 23.2 Å². The molecule has 1 aromatic rings. The van der Waals surface area contributed by atoms with Crippen LogP contribution >= 0.6 is 0 Å². The van der Waals surface area contributed by atoms with Crippen molar-refractivity contribution >= 4 is 11.9 Å². The fourth-order valence-electron chi connectivity index (χ4n) is 3.46. The van der Waals surface area contributed by atoms with E-state index in [0.717, 1.165) is 56.4 Å². The van der Waals surface area contributed by atoms with Crippen molar-refractivity contribution in [1.29, 1.82) is 0 Å². The SMILES string of the molecule is CCNC(=NCCc1ccc(OCC)c(OCC)c1)N1CCC(C(=O)OC)CC1. The molecular weight excluding hydrogens is 370 g/mol. The van der Waals surface area contributed by atoms with Gasteiger partial charge in [0, 0.05) is 26.2 Å². The number of methoxy groups -OCH3 is 1. The van der Waals surface area contributed by atoms with Crippen molar-refractivity contribution in [3.63, 3.8) is 0 Å². The Bertz CT molecular complexity index is 670. The molecule has 7 nitrogen and oxygen atoms in total. The quantitative estimate of drug-likeness (QED) is 0.387. The summed E-state index contributed by atoms with van der Waals surface area (Å²) in [6.45, 7) is 10.3. The summed E-state index contributed by atoms with van der Waals surface area (Å²) < 4.78 is 16.2. The van der Waals surface area contributed by atoms with E-state index in [9.17, 15) is 4.79 Å². The van der Waals surface area contributed by atoms with E-state index in [-0.39, 0.29) is 11.9 Å². The Kier molecular flexibility index (Phi) is 9.60. The summed E-state index contributed by atoms with van der Waals surface area (Å²) in [7, 11) is 1.46. The highest BCUT2D eigenvalue weighted by Gasteiger charge is 2.26. The molecule has 1 heterocycles. The minimum absolute atomic E-state index is 0.0000302. The van der Waals surface area contributed by atoms with Crippen molar-refractivity contribution in [2.24, 2.45) is 10.9 Å². The van der Waals surface area contributed by atoms with Gasteiger partial charge >= 0.3 is 5.97 Å². The Morgan fingerprint density at radius 2 is 1.83 bits per heavy atom. The predicted octanol–water partition coefficient (Wildman–Crippen LogP) is 2.88. The molecule has 2 rings (SSSR count). The van der Waals surface area contributed by atoms with Gasteiger partial charge in [0.05, 0.1) is 26.2 Å². The second-order valence-electron chi connectivity index (χ2n) is 6.92. The number of ether oxygens (including phenoxy) is 3. The van der Waals surface area contributed by atoms with Crippen molar-refractivity contribution in [1.82, 2.24) is 10.2 Å². The summed E-state index contributed by atoms with van der Waals surface area (Å²) in [6.07, 6.45) is 2.42. The average molecular weight is 406 g/mol. The summed E-state index contributed by atoms with van der Waals surface area (Å²) in [5.74, 6) is 2.37. The average Bonchev–Trinajstić information content (AvgIpc) is 2.75. The Morgan fingerprint density at radius 1 is 1.14 bits per heavy atom. The number of esters is 1. The zero-order valence-electron chi connectivity index (χ0n) is 18.2. The lowest BCUT2D eigenvalue weighted by Crippen LogP contribution is -2.46. The number of nitrogens with zero attached hydrogens (tertiary/aromatic N) is 2. The molecule has 0 bridgehead atoms. The van der Waals surface area contributed by atoms with E-state index in [2.05, 4.69) is 23.2 Å². The van der Waals surface area contributed by atoms with Crippen LogP contribution in [-0.2, 0) is 16.0 Å². The first kappa shape index (κ1) is 22.8. The molecule has 0 atom stereocenters. The second-order valence-corrected chi connectivity index (χ2v) is 6.92. The van der Waals surface area contributed by atoms with E-state index in [0.29, 0.717) is 19.8 Å². The minimum atomic E-state index is -0.104. The van der Waals surface area contributed by atoms with Gasteiger partial charge in [0.2, 0.25) is 0 Å². The fraction of sp³-hybridized carbons (Fsp3) is 0.636. The monoisotopic (exact) mass is 405 g/mol. The molecule has 0 spiro atoms. The number of hydrogen-bond acceptors (Lipinski definition) is 5. The van der Waals surface area contributed by atoms with E-state index in [4.69, 9.17) is 19.2 Å². The topological polar surface area (TPSA) is 72.4 Å². The number of aliphatic imine (C=N–C) groups is 1. The molecular formula is C22H35N3O4. The van der Waals surface area contributed by atoms with Gasteiger partial charge in [-0.1, -0.05) is 6.07 Å². The van der Waals surface area contributed by atoms with Gasteiger partial charge in [0.15, 0.2) is 17.5 Å². The molecule has 162 valence electrons. The predicted molar refractivity (Wildman–Crippen MR) is 115 cm³/mol. The van der Waals surface area contributed by atoms with Crippen LogP contribution in [0, 0.1) is 5.92 Å². The molecule has 0 aromatic heterocycles. The highest BCUT2D eigenvalue weighted by atomic mass is 16.5. The fourth-order valence-corrected chi connectivity index (χ4v) is 3.46. The Morgan fingerprint density at radius 3 is 2.45 bits per heavy atom. The molecule has 1 fully saturated rings. The molecule has 1 aliphatic rings. The Labute approximate surface area is 174 Å². The first-order valence-electron chi connectivity index (χ1n) is 10.6. The summed E-state index contributed by atoms with van der Waals surface area (Å²) in [5, 5.41) is 3.37. The second kappa shape index (κ2) is 12.2. The van der Waals surface area contributed by atoms with Gasteiger partial charge in [-0.3, -0.25) is 9.79 Å². The van der Waals surface area contributed by atoms with Gasteiger partial charge < -0.3 is 24.4 Å². The van der Waals surface area contributed by atoms with E-state index >= 15 is 0 Å². The molecule has 0 amide bonds. The molecule has 7 heteroatoms. The molecule has 0 aliphatic carbocycles. The number of nitrogens with one attached hydrogen (secondary N) is 1. The van der Waals surface area contributed by atoms with Crippen molar-refractivity contribution < 1.29 is 19.0 Å². The molecule has 1 aliphatic heterocycles. The molecule has 1 N–H and O–H groups in total. The molecule has 1 saturated heterocycles. The summed E-state index contributed by atoms with van der Waals surface area (Å²) in [6, 6.07) is 6.08. The third-order valence-corrected chi connectivity index (χ3v) is 4.93. The number of carbonyl (C=O) groups is 1. The van der Waals surface area contributed by atoms with Gasteiger partial charge in [-0.25, -0.2) is 0 Å². The van der Waals surface area contributed by atoms with Crippen LogP contribution in [0.5, 0.6) is 11.5 Å². The normalized spacial score (nSPS) is 15.2. The molecule has 29 heavy (non-hydrogen) atoms. The first-order chi connectivity index (χ1) is 14.1. The van der Waals surface area contributed by atoms with E-state index in [1.807, 2.05) is 26.0 Å². The summed E-state index contributed by atoms with van der Waals surface area (Å²) in [4.78, 5) is 18.8. The lowest BCUT2D eigenvalue weighted by Gasteiger charge is -2.33. The number of piperidine rings is 1. The lowest BCUT2D eigenvalue weighted by molar-refractivity contribution is -0.146. The van der Waals surface area contributed by atoms with Crippen LogP contribution in [0.2, 0.25) is 0 Å². The molecule has 0 radical (unpaired) electrons. The largest absolute Gasteiger partial charge is 0.490 e. The van der Waals surface area contributed by atoms with Crippen LogP contribution < -0.4 is 14.8 Å². The van der Waals surface area contributed by atoms with Crippen molar-refractivity contribution in [2.75, 3.05) is 46.5 Å². The van der Waals surface area contributed by atoms with Crippen LogP contribution in [0.25, 0.3) is 0 Å². The minimum Gasteiger partial charge on any atom is -0.490 e. The Hall–Kier alpha value is -2.44. The number of benzene rings is 1. The van der Waals surface area contributed by atoms with Crippen molar-refractivity contribution in [2.45, 2.75) is 40.0 Å². The van der Waals surface area contributed by atoms with Gasteiger partial charge in [0.1, 0.15) is 0 Å².